The van der Waals surface area contributed by atoms with E-state index in [1.165, 1.54) is 0 Å². The van der Waals surface area contributed by atoms with Crippen molar-refractivity contribution in [3.63, 3.8) is 0 Å². The van der Waals surface area contributed by atoms with Gasteiger partial charge >= 0.3 is 11.9 Å². The van der Waals surface area contributed by atoms with Crippen LogP contribution in [0, 0.1) is 0 Å². The Morgan fingerprint density at radius 3 is 1.51 bits per heavy atom. The Labute approximate surface area is 206 Å². The Morgan fingerprint density at radius 2 is 1.09 bits per heavy atom. The lowest BCUT2D eigenvalue weighted by molar-refractivity contribution is -0.146. The molecular weight excluding hydrogens is 468 g/mol. The number of ether oxygens (including phenoxy) is 4. The number of para-hydroxylation sites is 2. The van der Waals surface area contributed by atoms with Gasteiger partial charge in [0.1, 0.15) is 22.5 Å². The van der Waals surface area contributed by atoms with Gasteiger partial charge in [-0.3, -0.25) is 0 Å². The molecule has 4 rings (SSSR count). The first-order valence-electron chi connectivity index (χ1n) is 11.1. The number of hydrogen-bond acceptors (Lipinski definition) is 9. The minimum atomic E-state index is -0.433. The van der Waals surface area contributed by atoms with Gasteiger partial charge in [-0.25, -0.2) is 9.59 Å². The van der Waals surface area contributed by atoms with E-state index in [-0.39, 0.29) is 13.2 Å². The van der Waals surface area contributed by atoms with Crippen LogP contribution in [0.2, 0.25) is 0 Å². The summed E-state index contributed by atoms with van der Waals surface area (Å²) in [4.78, 5) is 23.6. The predicted octanol–water partition coefficient (Wildman–Crippen LogP) is 4.91. The molecule has 0 spiro atoms. The summed E-state index contributed by atoms with van der Waals surface area (Å²) in [6, 6.07) is 18.8. The number of carbonyl (C=O) groups excluding carboxylic acids is 2. The van der Waals surface area contributed by atoms with Crippen molar-refractivity contribution < 1.29 is 28.5 Å². The van der Waals surface area contributed by atoms with Crippen molar-refractivity contribution in [2.75, 3.05) is 26.4 Å². The van der Waals surface area contributed by atoms with E-state index in [4.69, 9.17) is 18.9 Å². The minimum Gasteiger partial charge on any atom is -0.481 e. The normalized spacial score (nSPS) is 10.7. The molecule has 0 N–H and O–H groups in total. The van der Waals surface area contributed by atoms with Crippen molar-refractivity contribution in [3.05, 3.63) is 60.7 Å². The van der Waals surface area contributed by atoms with Gasteiger partial charge in [0, 0.05) is 22.3 Å². The number of nitrogens with zero attached hydrogens (tertiary/aromatic N) is 2. The molecule has 3 aromatic carbocycles. The summed E-state index contributed by atoms with van der Waals surface area (Å²) < 4.78 is 30.5. The van der Waals surface area contributed by atoms with Crippen LogP contribution in [0.15, 0.2) is 60.7 Å². The largest absolute Gasteiger partial charge is 0.481 e. The van der Waals surface area contributed by atoms with E-state index in [1.807, 2.05) is 48.5 Å². The zero-order chi connectivity index (χ0) is 24.6. The topological polar surface area (TPSA) is 96.8 Å². The Hall–Kier alpha value is -3.98. The second-order valence-electron chi connectivity index (χ2n) is 7.30. The first-order chi connectivity index (χ1) is 17.1. The molecule has 35 heavy (non-hydrogen) atoms. The second kappa shape index (κ2) is 11.4. The molecule has 9 heteroatoms. The summed E-state index contributed by atoms with van der Waals surface area (Å²) in [5.74, 6) is 0.219. The highest BCUT2D eigenvalue weighted by Crippen LogP contribution is 2.40. The van der Waals surface area contributed by atoms with E-state index in [9.17, 15) is 9.59 Å². The number of benzene rings is 3. The van der Waals surface area contributed by atoms with Gasteiger partial charge in [-0.15, -0.1) is 0 Å². The average molecular weight is 493 g/mol. The lowest BCUT2D eigenvalue weighted by atomic mass is 9.97. The van der Waals surface area contributed by atoms with E-state index >= 15 is 0 Å². The van der Waals surface area contributed by atoms with Crippen LogP contribution in [-0.2, 0) is 19.1 Å². The van der Waals surface area contributed by atoms with Crippen LogP contribution in [-0.4, -0.2) is 47.1 Å². The van der Waals surface area contributed by atoms with Crippen LogP contribution < -0.4 is 9.47 Å². The number of fused-ring (bicyclic) bond motifs is 1. The first kappa shape index (κ1) is 24.2. The molecule has 0 fully saturated rings. The van der Waals surface area contributed by atoms with Crippen molar-refractivity contribution >= 4 is 34.7 Å². The standard InChI is InChI=1S/C26H24N2O6S/c1-3-31-23(29)15-33-21-11-7-5-9-17(21)19-13-14-20(26-25(19)27-35-28-26)18-10-6-8-12-22(18)34-16-24(30)32-4-2/h5-14H,3-4,15-16H2,1-2H3. The highest BCUT2D eigenvalue weighted by atomic mass is 32.1. The zero-order valence-corrected chi connectivity index (χ0v) is 20.2. The summed E-state index contributed by atoms with van der Waals surface area (Å²) in [5.41, 5.74) is 4.60. The molecule has 0 saturated carbocycles. The summed E-state index contributed by atoms with van der Waals surface area (Å²) >= 11 is 1.10. The molecule has 0 unspecified atom stereocenters. The quantitative estimate of drug-likeness (QED) is 0.288. The molecule has 0 aliphatic carbocycles. The van der Waals surface area contributed by atoms with Gasteiger partial charge in [-0.1, -0.05) is 48.5 Å². The minimum absolute atomic E-state index is 0.188. The third-order valence-electron chi connectivity index (χ3n) is 5.07. The van der Waals surface area contributed by atoms with Crippen LogP contribution in [0.3, 0.4) is 0 Å². The fraction of sp³-hybridized carbons (Fsp3) is 0.231. The highest BCUT2D eigenvalue weighted by molar-refractivity contribution is 7.00. The molecule has 0 saturated heterocycles. The summed E-state index contributed by atoms with van der Waals surface area (Å²) in [6.07, 6.45) is 0. The highest BCUT2D eigenvalue weighted by Gasteiger charge is 2.19. The van der Waals surface area contributed by atoms with Crippen LogP contribution >= 0.6 is 11.7 Å². The van der Waals surface area contributed by atoms with Gasteiger partial charge in [0.25, 0.3) is 0 Å². The van der Waals surface area contributed by atoms with E-state index in [0.717, 1.165) is 34.0 Å². The Balaban J connectivity index is 1.69. The third kappa shape index (κ3) is 5.58. The summed E-state index contributed by atoms with van der Waals surface area (Å²) in [5, 5.41) is 0. The molecular formula is C26H24N2O6S. The molecule has 4 aromatic rings. The van der Waals surface area contributed by atoms with Crippen molar-refractivity contribution in [2.45, 2.75) is 13.8 Å². The maximum atomic E-state index is 11.8. The maximum Gasteiger partial charge on any atom is 0.344 e. The molecule has 0 radical (unpaired) electrons. The number of aromatic nitrogens is 2. The molecule has 1 heterocycles. The molecule has 180 valence electrons. The average Bonchev–Trinajstić information content (AvgIpc) is 3.37. The Morgan fingerprint density at radius 1 is 0.657 bits per heavy atom. The number of carbonyl (C=O) groups is 2. The molecule has 8 nitrogen and oxygen atoms in total. The fourth-order valence-electron chi connectivity index (χ4n) is 3.61. The van der Waals surface area contributed by atoms with Crippen LogP contribution in [0.5, 0.6) is 11.5 Å². The van der Waals surface area contributed by atoms with Gasteiger partial charge in [0.05, 0.1) is 24.9 Å². The van der Waals surface area contributed by atoms with E-state index in [0.29, 0.717) is 35.7 Å². The van der Waals surface area contributed by atoms with Crippen molar-refractivity contribution in [1.82, 2.24) is 8.75 Å². The lowest BCUT2D eigenvalue weighted by Gasteiger charge is -2.14. The fourth-order valence-corrected chi connectivity index (χ4v) is 4.18. The van der Waals surface area contributed by atoms with E-state index in [1.54, 1.807) is 26.0 Å². The SMILES string of the molecule is CCOC(=O)COc1ccccc1-c1ccc(-c2ccccc2OCC(=O)OCC)c2nsnc12. The Kier molecular flexibility index (Phi) is 7.89. The smallest absolute Gasteiger partial charge is 0.344 e. The summed E-state index contributed by atoms with van der Waals surface area (Å²) in [6.45, 7) is 3.71. The molecule has 0 aliphatic heterocycles. The number of esters is 2. The van der Waals surface area contributed by atoms with Gasteiger partial charge in [0.2, 0.25) is 0 Å². The molecule has 0 aliphatic rings. The lowest BCUT2D eigenvalue weighted by Crippen LogP contribution is -2.15. The number of rotatable bonds is 10. The predicted molar refractivity (Wildman–Crippen MR) is 133 cm³/mol. The van der Waals surface area contributed by atoms with E-state index in [2.05, 4.69) is 8.75 Å². The van der Waals surface area contributed by atoms with E-state index < -0.39 is 11.9 Å². The Bertz CT molecular complexity index is 1240. The third-order valence-corrected chi connectivity index (χ3v) is 5.60. The van der Waals surface area contributed by atoms with Gasteiger partial charge in [-0.05, 0) is 26.0 Å². The van der Waals surface area contributed by atoms with Crippen molar-refractivity contribution in [1.29, 1.82) is 0 Å². The van der Waals surface area contributed by atoms with Gasteiger partial charge < -0.3 is 18.9 Å². The zero-order valence-electron chi connectivity index (χ0n) is 19.4. The maximum absolute atomic E-state index is 11.8. The molecule has 1 aromatic heterocycles. The molecule has 0 bridgehead atoms. The van der Waals surface area contributed by atoms with Crippen molar-refractivity contribution in [2.24, 2.45) is 0 Å². The van der Waals surface area contributed by atoms with Crippen LogP contribution in [0.25, 0.3) is 33.3 Å². The van der Waals surface area contributed by atoms with Crippen molar-refractivity contribution in [3.8, 4) is 33.8 Å². The molecule has 0 atom stereocenters. The van der Waals surface area contributed by atoms with Crippen LogP contribution in [0.4, 0.5) is 0 Å². The van der Waals surface area contributed by atoms with Crippen LogP contribution in [0.1, 0.15) is 13.8 Å². The first-order valence-corrected chi connectivity index (χ1v) is 11.9. The second-order valence-corrected chi connectivity index (χ2v) is 7.83. The monoisotopic (exact) mass is 492 g/mol. The summed E-state index contributed by atoms with van der Waals surface area (Å²) in [7, 11) is 0. The number of hydrogen-bond donors (Lipinski definition) is 0. The van der Waals surface area contributed by atoms with Gasteiger partial charge in [0.15, 0.2) is 13.2 Å². The molecule has 0 amide bonds. The van der Waals surface area contributed by atoms with Gasteiger partial charge in [-0.2, -0.15) is 8.75 Å².